The van der Waals surface area contributed by atoms with Gasteiger partial charge in [0.1, 0.15) is 10.6 Å². The van der Waals surface area contributed by atoms with Gasteiger partial charge in [0, 0.05) is 11.4 Å². The van der Waals surface area contributed by atoms with Gasteiger partial charge in [-0.15, -0.1) is 11.3 Å². The topological polar surface area (TPSA) is 84.1 Å². The standard InChI is InChI=1S/C14H20N4OS/c1-8-5-11-12(17-14(15)18-13(11)20-8)16-7-9-3-2-4-10(19)6-9/h5,9-10,19H,2-4,6-7H2,1H3,(H3,15,16,17,18). The van der Waals surface area contributed by atoms with E-state index in [1.165, 1.54) is 4.88 Å². The number of anilines is 2. The Hall–Kier alpha value is -1.40. The molecule has 2 aromatic rings. The zero-order valence-corrected chi connectivity index (χ0v) is 12.4. The molecule has 1 aliphatic rings. The third-order valence-corrected chi connectivity index (χ3v) is 4.79. The Morgan fingerprint density at radius 3 is 3.10 bits per heavy atom. The number of nitrogen functional groups attached to an aromatic ring is 1. The number of nitrogens with two attached hydrogens (primary N) is 1. The Morgan fingerprint density at radius 1 is 1.45 bits per heavy atom. The second-order valence-corrected chi connectivity index (χ2v) is 6.81. The second kappa shape index (κ2) is 5.54. The van der Waals surface area contributed by atoms with Crippen LogP contribution in [0.25, 0.3) is 10.2 Å². The first-order valence-corrected chi connectivity index (χ1v) is 7.89. The minimum atomic E-state index is -0.144. The van der Waals surface area contributed by atoms with Crippen LogP contribution >= 0.6 is 11.3 Å². The molecule has 2 aromatic heterocycles. The van der Waals surface area contributed by atoms with E-state index in [-0.39, 0.29) is 6.10 Å². The van der Waals surface area contributed by atoms with Gasteiger partial charge < -0.3 is 16.2 Å². The van der Waals surface area contributed by atoms with Crippen LogP contribution in [-0.4, -0.2) is 27.7 Å². The Balaban J connectivity index is 1.76. The maximum absolute atomic E-state index is 9.72. The van der Waals surface area contributed by atoms with E-state index in [1.54, 1.807) is 11.3 Å². The highest BCUT2D eigenvalue weighted by atomic mass is 32.1. The average Bonchev–Trinajstić information content (AvgIpc) is 2.76. The van der Waals surface area contributed by atoms with Crippen molar-refractivity contribution in [2.24, 2.45) is 5.92 Å². The van der Waals surface area contributed by atoms with Crippen LogP contribution in [0.1, 0.15) is 30.6 Å². The van der Waals surface area contributed by atoms with Crippen molar-refractivity contribution in [2.45, 2.75) is 38.7 Å². The number of rotatable bonds is 3. The SMILES string of the molecule is Cc1cc2c(NCC3CCCC(O)C3)nc(N)nc2s1. The highest BCUT2D eigenvalue weighted by molar-refractivity contribution is 7.18. The lowest BCUT2D eigenvalue weighted by molar-refractivity contribution is 0.104. The van der Waals surface area contributed by atoms with Crippen molar-refractivity contribution in [1.82, 2.24) is 9.97 Å². The van der Waals surface area contributed by atoms with E-state index in [1.807, 2.05) is 0 Å². The summed E-state index contributed by atoms with van der Waals surface area (Å²) in [5.41, 5.74) is 5.77. The molecule has 0 aromatic carbocycles. The molecule has 6 heteroatoms. The molecule has 0 saturated heterocycles. The average molecular weight is 292 g/mol. The van der Waals surface area contributed by atoms with Crippen LogP contribution in [0, 0.1) is 12.8 Å². The summed E-state index contributed by atoms with van der Waals surface area (Å²) in [5, 5.41) is 14.2. The van der Waals surface area contributed by atoms with Gasteiger partial charge in [0.25, 0.3) is 0 Å². The third-order valence-electron chi connectivity index (χ3n) is 3.85. The summed E-state index contributed by atoms with van der Waals surface area (Å²) in [6.45, 7) is 2.89. The van der Waals surface area contributed by atoms with Crippen LogP contribution < -0.4 is 11.1 Å². The van der Waals surface area contributed by atoms with Crippen molar-refractivity contribution in [3.05, 3.63) is 10.9 Å². The number of thiophene rings is 1. The normalized spacial score (nSPS) is 23.1. The molecule has 1 aliphatic carbocycles. The van der Waals surface area contributed by atoms with Crippen molar-refractivity contribution in [3.63, 3.8) is 0 Å². The molecule has 3 rings (SSSR count). The maximum Gasteiger partial charge on any atom is 0.223 e. The first kappa shape index (κ1) is 13.6. The predicted octanol–water partition coefficient (Wildman–Crippen LogP) is 2.54. The van der Waals surface area contributed by atoms with E-state index in [0.29, 0.717) is 11.9 Å². The van der Waals surface area contributed by atoms with Gasteiger partial charge in [-0.25, -0.2) is 4.98 Å². The zero-order valence-electron chi connectivity index (χ0n) is 11.6. The van der Waals surface area contributed by atoms with E-state index < -0.39 is 0 Å². The summed E-state index contributed by atoms with van der Waals surface area (Å²) < 4.78 is 0. The number of aliphatic hydroxyl groups is 1. The van der Waals surface area contributed by atoms with Crippen molar-refractivity contribution < 1.29 is 5.11 Å². The lowest BCUT2D eigenvalue weighted by Crippen LogP contribution is -2.25. The molecule has 1 fully saturated rings. The first-order chi connectivity index (χ1) is 9.61. The zero-order chi connectivity index (χ0) is 14.1. The van der Waals surface area contributed by atoms with Gasteiger partial charge in [-0.2, -0.15) is 4.98 Å². The summed E-state index contributed by atoms with van der Waals surface area (Å²) in [5.74, 6) is 1.63. The van der Waals surface area contributed by atoms with Gasteiger partial charge in [-0.3, -0.25) is 0 Å². The quantitative estimate of drug-likeness (QED) is 0.809. The Morgan fingerprint density at radius 2 is 2.30 bits per heavy atom. The van der Waals surface area contributed by atoms with Crippen molar-refractivity contribution >= 4 is 33.3 Å². The van der Waals surface area contributed by atoms with Gasteiger partial charge in [-0.1, -0.05) is 6.42 Å². The predicted molar refractivity (Wildman–Crippen MR) is 83.0 cm³/mol. The molecule has 1 saturated carbocycles. The Bertz CT molecular complexity index is 612. The number of aryl methyl sites for hydroxylation is 1. The van der Waals surface area contributed by atoms with Gasteiger partial charge in [0.2, 0.25) is 5.95 Å². The summed E-state index contributed by atoms with van der Waals surface area (Å²) in [7, 11) is 0. The Labute approximate surface area is 122 Å². The monoisotopic (exact) mass is 292 g/mol. The maximum atomic E-state index is 9.72. The van der Waals surface area contributed by atoms with E-state index in [2.05, 4.69) is 28.3 Å². The molecule has 0 amide bonds. The summed E-state index contributed by atoms with van der Waals surface area (Å²) >= 11 is 1.63. The third kappa shape index (κ3) is 2.86. The summed E-state index contributed by atoms with van der Waals surface area (Å²) in [6.07, 6.45) is 3.93. The van der Waals surface area contributed by atoms with E-state index in [9.17, 15) is 5.11 Å². The van der Waals surface area contributed by atoms with Crippen LogP contribution in [0.4, 0.5) is 11.8 Å². The molecule has 0 aliphatic heterocycles. The minimum absolute atomic E-state index is 0.144. The van der Waals surface area contributed by atoms with Crippen molar-refractivity contribution in [1.29, 1.82) is 0 Å². The molecular formula is C14H20N4OS. The van der Waals surface area contributed by atoms with E-state index >= 15 is 0 Å². The number of hydrogen-bond donors (Lipinski definition) is 3. The van der Waals surface area contributed by atoms with Crippen LogP contribution in [0.5, 0.6) is 0 Å². The van der Waals surface area contributed by atoms with Gasteiger partial charge in [0.15, 0.2) is 0 Å². The van der Waals surface area contributed by atoms with Gasteiger partial charge in [0.05, 0.1) is 11.5 Å². The Kier molecular flexibility index (Phi) is 3.76. The lowest BCUT2D eigenvalue weighted by atomic mass is 9.87. The van der Waals surface area contributed by atoms with Crippen molar-refractivity contribution in [2.75, 3.05) is 17.6 Å². The second-order valence-electron chi connectivity index (χ2n) is 5.57. The molecule has 2 atom stereocenters. The number of nitrogens with one attached hydrogen (secondary N) is 1. The van der Waals surface area contributed by atoms with Crippen molar-refractivity contribution in [3.8, 4) is 0 Å². The van der Waals surface area contributed by atoms with E-state index in [0.717, 1.165) is 48.3 Å². The molecule has 0 spiro atoms. The first-order valence-electron chi connectivity index (χ1n) is 7.07. The fourth-order valence-electron chi connectivity index (χ4n) is 2.88. The fraction of sp³-hybridized carbons (Fsp3) is 0.571. The number of fused-ring (bicyclic) bond motifs is 1. The molecule has 108 valence electrons. The molecule has 0 bridgehead atoms. The highest BCUT2D eigenvalue weighted by Gasteiger charge is 2.20. The lowest BCUT2D eigenvalue weighted by Gasteiger charge is -2.26. The molecule has 20 heavy (non-hydrogen) atoms. The van der Waals surface area contributed by atoms with E-state index in [4.69, 9.17) is 5.73 Å². The number of aliphatic hydroxyl groups excluding tert-OH is 1. The molecule has 2 unspecified atom stereocenters. The molecule has 4 N–H and O–H groups in total. The van der Waals surface area contributed by atoms with Gasteiger partial charge in [-0.05, 0) is 38.2 Å². The molecule has 0 radical (unpaired) electrons. The van der Waals surface area contributed by atoms with Crippen LogP contribution in [0.2, 0.25) is 0 Å². The summed E-state index contributed by atoms with van der Waals surface area (Å²) in [6, 6.07) is 2.09. The highest BCUT2D eigenvalue weighted by Crippen LogP contribution is 2.30. The fourth-order valence-corrected chi connectivity index (χ4v) is 3.77. The van der Waals surface area contributed by atoms with Gasteiger partial charge >= 0.3 is 0 Å². The van der Waals surface area contributed by atoms with Crippen LogP contribution in [0.15, 0.2) is 6.07 Å². The molecular weight excluding hydrogens is 272 g/mol. The smallest absolute Gasteiger partial charge is 0.223 e. The van der Waals surface area contributed by atoms with Crippen LogP contribution in [-0.2, 0) is 0 Å². The minimum Gasteiger partial charge on any atom is -0.393 e. The summed E-state index contributed by atoms with van der Waals surface area (Å²) in [4.78, 5) is 10.7. The van der Waals surface area contributed by atoms with Crippen LogP contribution in [0.3, 0.4) is 0 Å². The molecule has 2 heterocycles. The number of nitrogens with zero attached hydrogens (tertiary/aromatic N) is 2. The molecule has 5 nitrogen and oxygen atoms in total. The largest absolute Gasteiger partial charge is 0.393 e. The number of aromatic nitrogens is 2. The number of hydrogen-bond acceptors (Lipinski definition) is 6.